The molecule has 1 nitrogen and oxygen atoms in total. The van der Waals surface area contributed by atoms with Gasteiger partial charge in [0.25, 0.3) is 0 Å². The third-order valence-electron chi connectivity index (χ3n) is 4.12. The molecule has 0 atom stereocenters. The number of rotatable bonds is 1. The molecule has 0 spiro atoms. The third kappa shape index (κ3) is 1.96. The van der Waals surface area contributed by atoms with Crippen molar-refractivity contribution in [2.75, 3.05) is 0 Å². The number of aryl methyl sites for hydroxylation is 1. The maximum atomic E-state index is 6.03. The molecule has 0 bridgehead atoms. The van der Waals surface area contributed by atoms with E-state index in [1.54, 1.807) is 0 Å². The summed E-state index contributed by atoms with van der Waals surface area (Å²) in [5.41, 5.74) is 2.22. The van der Waals surface area contributed by atoms with Gasteiger partial charge >= 0.3 is 0 Å². The SMILES string of the molecule is Cc1c(-c2cccc3ccccc23)oc(=S)c2ccccc12. The van der Waals surface area contributed by atoms with E-state index in [-0.39, 0.29) is 0 Å². The summed E-state index contributed by atoms with van der Waals surface area (Å²) in [7, 11) is 0. The standard InChI is InChI=1S/C20H14OS/c1-13-15-9-4-5-11-18(15)20(22)21-19(13)17-12-6-8-14-7-2-3-10-16(14)17/h2-12H,1H3. The molecule has 106 valence electrons. The fourth-order valence-corrected chi connectivity index (χ4v) is 3.28. The molecule has 22 heavy (non-hydrogen) atoms. The molecule has 0 saturated heterocycles. The molecule has 0 N–H and O–H groups in total. The van der Waals surface area contributed by atoms with Gasteiger partial charge in [-0.1, -0.05) is 60.7 Å². The highest BCUT2D eigenvalue weighted by molar-refractivity contribution is 7.71. The van der Waals surface area contributed by atoms with Crippen LogP contribution in [0.1, 0.15) is 5.56 Å². The Hall–Kier alpha value is -2.45. The van der Waals surface area contributed by atoms with Gasteiger partial charge in [-0.25, -0.2) is 0 Å². The monoisotopic (exact) mass is 302 g/mol. The molecule has 1 aromatic heterocycles. The van der Waals surface area contributed by atoms with E-state index in [2.05, 4.69) is 55.5 Å². The van der Waals surface area contributed by atoms with Crippen LogP contribution in [0.3, 0.4) is 0 Å². The summed E-state index contributed by atoms with van der Waals surface area (Å²) in [6, 6.07) is 22.8. The van der Waals surface area contributed by atoms with Gasteiger partial charge in [0.15, 0.2) is 4.71 Å². The maximum absolute atomic E-state index is 6.03. The molecule has 0 unspecified atom stereocenters. The molecule has 4 rings (SSSR count). The van der Waals surface area contributed by atoms with Crippen LogP contribution in [0.2, 0.25) is 0 Å². The fraction of sp³-hybridized carbons (Fsp3) is 0.0500. The van der Waals surface area contributed by atoms with E-state index in [1.807, 2.05) is 18.2 Å². The molecule has 0 radical (unpaired) electrons. The Labute approximate surface area is 133 Å². The van der Waals surface area contributed by atoms with Gasteiger partial charge in [-0.15, -0.1) is 0 Å². The first-order valence-electron chi connectivity index (χ1n) is 7.26. The lowest BCUT2D eigenvalue weighted by atomic mass is 9.98. The first-order valence-corrected chi connectivity index (χ1v) is 7.67. The van der Waals surface area contributed by atoms with Crippen molar-refractivity contribution in [3.8, 4) is 11.3 Å². The summed E-state index contributed by atoms with van der Waals surface area (Å²) in [5.74, 6) is 0.862. The summed E-state index contributed by atoms with van der Waals surface area (Å²) in [5, 5.41) is 4.54. The van der Waals surface area contributed by atoms with Crippen LogP contribution in [-0.2, 0) is 0 Å². The van der Waals surface area contributed by atoms with E-state index in [1.165, 1.54) is 10.8 Å². The molecule has 0 aliphatic rings. The van der Waals surface area contributed by atoms with Crippen molar-refractivity contribution in [2.24, 2.45) is 0 Å². The normalized spacial score (nSPS) is 11.1. The van der Waals surface area contributed by atoms with Crippen molar-refractivity contribution in [2.45, 2.75) is 6.92 Å². The van der Waals surface area contributed by atoms with Gasteiger partial charge in [-0.05, 0) is 41.4 Å². The van der Waals surface area contributed by atoms with Crippen LogP contribution in [-0.4, -0.2) is 0 Å². The highest BCUT2D eigenvalue weighted by Crippen LogP contribution is 2.34. The number of hydrogen-bond donors (Lipinski definition) is 0. The lowest BCUT2D eigenvalue weighted by molar-refractivity contribution is 0.555. The Morgan fingerprint density at radius 3 is 2.18 bits per heavy atom. The van der Waals surface area contributed by atoms with Crippen LogP contribution in [0.4, 0.5) is 0 Å². The molecule has 0 saturated carbocycles. The summed E-state index contributed by atoms with van der Waals surface area (Å²) in [6.45, 7) is 2.09. The topological polar surface area (TPSA) is 13.1 Å². The van der Waals surface area contributed by atoms with Crippen LogP contribution in [0, 0.1) is 11.6 Å². The Kier molecular flexibility index (Phi) is 3.05. The highest BCUT2D eigenvalue weighted by atomic mass is 32.1. The van der Waals surface area contributed by atoms with Crippen LogP contribution < -0.4 is 0 Å². The van der Waals surface area contributed by atoms with Crippen molar-refractivity contribution < 1.29 is 4.42 Å². The van der Waals surface area contributed by atoms with Crippen molar-refractivity contribution in [3.05, 3.63) is 77.0 Å². The van der Waals surface area contributed by atoms with Crippen LogP contribution in [0.25, 0.3) is 32.9 Å². The van der Waals surface area contributed by atoms with Crippen molar-refractivity contribution in [1.82, 2.24) is 0 Å². The van der Waals surface area contributed by atoms with Crippen molar-refractivity contribution >= 4 is 33.8 Å². The van der Waals surface area contributed by atoms with E-state index >= 15 is 0 Å². The predicted molar refractivity (Wildman–Crippen MR) is 94.7 cm³/mol. The van der Waals surface area contributed by atoms with Crippen LogP contribution >= 0.6 is 12.2 Å². The Bertz CT molecular complexity index is 1050. The van der Waals surface area contributed by atoms with Gasteiger partial charge in [0.1, 0.15) is 5.76 Å². The molecule has 4 aromatic rings. The first kappa shape index (κ1) is 13.2. The summed E-state index contributed by atoms with van der Waals surface area (Å²) < 4.78 is 6.58. The minimum atomic E-state index is 0.545. The van der Waals surface area contributed by atoms with Crippen LogP contribution in [0.5, 0.6) is 0 Å². The lowest BCUT2D eigenvalue weighted by Crippen LogP contribution is -1.88. The average Bonchev–Trinajstić information content (AvgIpc) is 2.58. The largest absolute Gasteiger partial charge is 0.444 e. The van der Waals surface area contributed by atoms with Crippen LogP contribution in [0.15, 0.2) is 71.1 Å². The molecular formula is C20H14OS. The fourth-order valence-electron chi connectivity index (χ4n) is 3.02. The van der Waals surface area contributed by atoms with Gasteiger partial charge in [0, 0.05) is 16.5 Å². The van der Waals surface area contributed by atoms with Gasteiger partial charge < -0.3 is 4.42 Å². The quantitative estimate of drug-likeness (QED) is 0.383. The second-order valence-electron chi connectivity index (χ2n) is 5.42. The summed E-state index contributed by atoms with van der Waals surface area (Å²) in [4.78, 5) is 0. The molecule has 0 fully saturated rings. The molecular weight excluding hydrogens is 288 g/mol. The number of fused-ring (bicyclic) bond motifs is 2. The smallest absolute Gasteiger partial charge is 0.198 e. The third-order valence-corrected chi connectivity index (χ3v) is 4.42. The van der Waals surface area contributed by atoms with Gasteiger partial charge in [-0.2, -0.15) is 0 Å². The molecule has 0 amide bonds. The second-order valence-corrected chi connectivity index (χ2v) is 5.79. The average molecular weight is 302 g/mol. The van der Waals surface area contributed by atoms with E-state index in [4.69, 9.17) is 16.6 Å². The number of hydrogen-bond acceptors (Lipinski definition) is 2. The first-order chi connectivity index (χ1) is 10.8. The Morgan fingerprint density at radius 1 is 0.727 bits per heavy atom. The lowest BCUT2D eigenvalue weighted by Gasteiger charge is -2.11. The Morgan fingerprint density at radius 2 is 1.36 bits per heavy atom. The molecule has 2 heteroatoms. The molecule has 0 aliphatic carbocycles. The zero-order valence-electron chi connectivity index (χ0n) is 12.2. The maximum Gasteiger partial charge on any atom is 0.198 e. The highest BCUT2D eigenvalue weighted by Gasteiger charge is 2.12. The van der Waals surface area contributed by atoms with E-state index in [0.717, 1.165) is 27.7 Å². The summed E-state index contributed by atoms with van der Waals surface area (Å²) in [6.07, 6.45) is 0. The molecule has 1 heterocycles. The Balaban J connectivity index is 2.14. The van der Waals surface area contributed by atoms with Crippen molar-refractivity contribution in [1.29, 1.82) is 0 Å². The second kappa shape index (κ2) is 5.08. The molecule has 3 aromatic carbocycles. The minimum absolute atomic E-state index is 0.545. The predicted octanol–water partition coefficient (Wildman–Crippen LogP) is 6.29. The molecule has 0 aliphatic heterocycles. The zero-order chi connectivity index (χ0) is 15.1. The van der Waals surface area contributed by atoms with Crippen molar-refractivity contribution in [3.63, 3.8) is 0 Å². The minimum Gasteiger partial charge on any atom is -0.444 e. The van der Waals surface area contributed by atoms with E-state index < -0.39 is 0 Å². The van der Waals surface area contributed by atoms with Gasteiger partial charge in [-0.3, -0.25) is 0 Å². The zero-order valence-corrected chi connectivity index (χ0v) is 13.0. The van der Waals surface area contributed by atoms with Gasteiger partial charge in [0.2, 0.25) is 0 Å². The summed E-state index contributed by atoms with van der Waals surface area (Å²) >= 11 is 5.46. The van der Waals surface area contributed by atoms with Gasteiger partial charge in [0.05, 0.1) is 0 Å². The number of benzene rings is 3. The van der Waals surface area contributed by atoms with E-state index in [9.17, 15) is 0 Å². The van der Waals surface area contributed by atoms with E-state index in [0.29, 0.717) is 4.71 Å².